The molecule has 1 rings (SSSR count). The number of hydrogen-bond donors (Lipinski definition) is 0. The molecule has 0 spiro atoms. The summed E-state index contributed by atoms with van der Waals surface area (Å²) in [5.74, 6) is 0.797. The van der Waals surface area contributed by atoms with Crippen molar-refractivity contribution in [1.82, 2.24) is 9.80 Å². The van der Waals surface area contributed by atoms with Crippen LogP contribution in [0.25, 0.3) is 0 Å². The average Bonchev–Trinajstić information content (AvgIpc) is 2.48. The zero-order valence-corrected chi connectivity index (χ0v) is 9.56. The van der Waals surface area contributed by atoms with Crippen LogP contribution in [0.1, 0.15) is 19.3 Å². The van der Waals surface area contributed by atoms with Gasteiger partial charge in [-0.3, -0.25) is 4.90 Å². The number of halogens is 1. The minimum absolute atomic E-state index is 0.776. The molecule has 1 aliphatic rings. The highest BCUT2D eigenvalue weighted by Crippen LogP contribution is 2.17. The van der Waals surface area contributed by atoms with Gasteiger partial charge in [-0.1, -0.05) is 0 Å². The van der Waals surface area contributed by atoms with Crippen molar-refractivity contribution in [2.24, 2.45) is 0 Å². The van der Waals surface area contributed by atoms with Crippen molar-refractivity contribution in [1.29, 1.82) is 0 Å². The quantitative estimate of drug-likeness (QED) is 0.629. The second kappa shape index (κ2) is 5.84. The predicted molar refractivity (Wildman–Crippen MR) is 58.5 cm³/mol. The van der Waals surface area contributed by atoms with Crippen molar-refractivity contribution in [3.05, 3.63) is 0 Å². The van der Waals surface area contributed by atoms with E-state index in [0.717, 1.165) is 18.3 Å². The topological polar surface area (TPSA) is 6.48 Å². The molecule has 0 aromatic heterocycles. The summed E-state index contributed by atoms with van der Waals surface area (Å²) in [4.78, 5) is 4.87. The molecular formula is C10H21ClN2. The van der Waals surface area contributed by atoms with Crippen molar-refractivity contribution in [2.45, 2.75) is 25.3 Å². The Morgan fingerprint density at radius 1 is 1.46 bits per heavy atom. The summed E-state index contributed by atoms with van der Waals surface area (Å²) in [5, 5.41) is 0. The van der Waals surface area contributed by atoms with E-state index in [1.807, 2.05) is 0 Å². The van der Waals surface area contributed by atoms with Gasteiger partial charge in [-0.05, 0) is 46.4 Å². The van der Waals surface area contributed by atoms with E-state index < -0.39 is 0 Å². The molecule has 0 N–H and O–H groups in total. The Kier molecular flexibility index (Phi) is 5.07. The Hall–Kier alpha value is 0.210. The molecule has 0 amide bonds. The van der Waals surface area contributed by atoms with Crippen LogP contribution in [0.15, 0.2) is 0 Å². The minimum Gasteiger partial charge on any atom is -0.308 e. The predicted octanol–water partition coefficient (Wildman–Crippen LogP) is 1.64. The Labute approximate surface area is 86.8 Å². The van der Waals surface area contributed by atoms with Crippen LogP contribution < -0.4 is 0 Å². The zero-order valence-electron chi connectivity index (χ0n) is 8.80. The highest BCUT2D eigenvalue weighted by molar-refractivity contribution is 6.17. The molecule has 0 aromatic carbocycles. The van der Waals surface area contributed by atoms with Crippen molar-refractivity contribution in [2.75, 3.05) is 39.6 Å². The SMILES string of the molecule is CN(C)CC1CCCN1CCCCl. The van der Waals surface area contributed by atoms with Gasteiger partial charge in [-0.25, -0.2) is 0 Å². The molecule has 13 heavy (non-hydrogen) atoms. The Bertz CT molecular complexity index is 139. The van der Waals surface area contributed by atoms with Gasteiger partial charge in [0.25, 0.3) is 0 Å². The number of nitrogens with zero attached hydrogens (tertiary/aromatic N) is 2. The Morgan fingerprint density at radius 3 is 2.85 bits per heavy atom. The Balaban J connectivity index is 2.26. The largest absolute Gasteiger partial charge is 0.308 e. The first kappa shape index (κ1) is 11.3. The summed E-state index contributed by atoms with van der Waals surface area (Å²) < 4.78 is 0. The van der Waals surface area contributed by atoms with Crippen LogP contribution in [-0.4, -0.2) is 55.5 Å². The highest BCUT2D eigenvalue weighted by Gasteiger charge is 2.23. The monoisotopic (exact) mass is 204 g/mol. The van der Waals surface area contributed by atoms with E-state index in [0.29, 0.717) is 0 Å². The van der Waals surface area contributed by atoms with Crippen LogP contribution in [0, 0.1) is 0 Å². The summed E-state index contributed by atoms with van der Waals surface area (Å²) in [6.45, 7) is 3.65. The van der Waals surface area contributed by atoms with E-state index in [4.69, 9.17) is 11.6 Å². The van der Waals surface area contributed by atoms with Crippen LogP contribution in [0.4, 0.5) is 0 Å². The zero-order chi connectivity index (χ0) is 9.68. The molecule has 3 heteroatoms. The Morgan fingerprint density at radius 2 is 2.23 bits per heavy atom. The average molecular weight is 205 g/mol. The molecule has 1 aliphatic heterocycles. The lowest BCUT2D eigenvalue weighted by molar-refractivity contribution is 0.208. The van der Waals surface area contributed by atoms with E-state index in [9.17, 15) is 0 Å². The second-order valence-corrected chi connectivity index (χ2v) is 4.51. The summed E-state index contributed by atoms with van der Waals surface area (Å²) in [5.41, 5.74) is 0. The highest BCUT2D eigenvalue weighted by atomic mass is 35.5. The molecule has 0 aromatic rings. The first-order valence-corrected chi connectivity index (χ1v) is 5.72. The summed E-state index contributed by atoms with van der Waals surface area (Å²) in [7, 11) is 4.30. The van der Waals surface area contributed by atoms with Gasteiger partial charge in [0.15, 0.2) is 0 Å². The van der Waals surface area contributed by atoms with Gasteiger partial charge in [0.1, 0.15) is 0 Å². The summed E-state index contributed by atoms with van der Waals surface area (Å²) in [6.07, 6.45) is 3.85. The molecule has 0 radical (unpaired) electrons. The number of likely N-dealkylation sites (N-methyl/N-ethyl adjacent to an activating group) is 1. The molecule has 1 heterocycles. The molecule has 2 nitrogen and oxygen atoms in total. The number of likely N-dealkylation sites (tertiary alicyclic amines) is 1. The van der Waals surface area contributed by atoms with Gasteiger partial charge < -0.3 is 4.90 Å². The fourth-order valence-electron chi connectivity index (χ4n) is 2.08. The molecule has 1 atom stereocenters. The van der Waals surface area contributed by atoms with E-state index in [2.05, 4.69) is 23.9 Å². The molecule has 0 bridgehead atoms. The van der Waals surface area contributed by atoms with Crippen molar-refractivity contribution in [3.63, 3.8) is 0 Å². The smallest absolute Gasteiger partial charge is 0.0235 e. The van der Waals surface area contributed by atoms with E-state index in [-0.39, 0.29) is 0 Å². The lowest BCUT2D eigenvalue weighted by atomic mass is 10.2. The third kappa shape index (κ3) is 3.84. The van der Waals surface area contributed by atoms with Crippen molar-refractivity contribution in [3.8, 4) is 0 Å². The summed E-state index contributed by atoms with van der Waals surface area (Å²) >= 11 is 5.70. The van der Waals surface area contributed by atoms with Gasteiger partial charge in [0, 0.05) is 18.5 Å². The molecule has 1 fully saturated rings. The molecule has 1 unspecified atom stereocenters. The lowest BCUT2D eigenvalue weighted by Crippen LogP contribution is -2.38. The third-order valence-electron chi connectivity index (χ3n) is 2.65. The lowest BCUT2D eigenvalue weighted by Gasteiger charge is -2.26. The number of hydrogen-bond acceptors (Lipinski definition) is 2. The van der Waals surface area contributed by atoms with Gasteiger partial charge in [0.2, 0.25) is 0 Å². The fraction of sp³-hybridized carbons (Fsp3) is 1.00. The standard InChI is InChI=1S/C10H21ClN2/c1-12(2)9-10-5-3-7-13(10)8-4-6-11/h10H,3-9H2,1-2H3. The van der Waals surface area contributed by atoms with Crippen LogP contribution in [0.3, 0.4) is 0 Å². The first-order chi connectivity index (χ1) is 6.24. The maximum Gasteiger partial charge on any atom is 0.0235 e. The number of rotatable bonds is 5. The number of alkyl halides is 1. The molecule has 0 aliphatic carbocycles. The van der Waals surface area contributed by atoms with Gasteiger partial charge in [0.05, 0.1) is 0 Å². The van der Waals surface area contributed by atoms with Gasteiger partial charge >= 0.3 is 0 Å². The molecular weight excluding hydrogens is 184 g/mol. The van der Waals surface area contributed by atoms with Crippen LogP contribution >= 0.6 is 11.6 Å². The molecule has 0 saturated carbocycles. The fourth-order valence-corrected chi connectivity index (χ4v) is 2.20. The van der Waals surface area contributed by atoms with Crippen LogP contribution in [-0.2, 0) is 0 Å². The maximum atomic E-state index is 5.70. The first-order valence-electron chi connectivity index (χ1n) is 5.19. The molecule has 78 valence electrons. The van der Waals surface area contributed by atoms with Crippen molar-refractivity contribution < 1.29 is 0 Å². The third-order valence-corrected chi connectivity index (χ3v) is 2.92. The molecule has 1 saturated heterocycles. The van der Waals surface area contributed by atoms with E-state index >= 15 is 0 Å². The van der Waals surface area contributed by atoms with Crippen molar-refractivity contribution >= 4 is 11.6 Å². The van der Waals surface area contributed by atoms with Gasteiger partial charge in [-0.2, -0.15) is 0 Å². The van der Waals surface area contributed by atoms with Crippen LogP contribution in [0.5, 0.6) is 0 Å². The van der Waals surface area contributed by atoms with E-state index in [1.54, 1.807) is 0 Å². The second-order valence-electron chi connectivity index (χ2n) is 4.14. The maximum absolute atomic E-state index is 5.70. The van der Waals surface area contributed by atoms with Crippen LogP contribution in [0.2, 0.25) is 0 Å². The normalized spacial score (nSPS) is 24.5. The van der Waals surface area contributed by atoms with Gasteiger partial charge in [-0.15, -0.1) is 11.6 Å². The minimum atomic E-state index is 0.776. The summed E-state index contributed by atoms with van der Waals surface area (Å²) in [6, 6.07) is 0.776. The van der Waals surface area contributed by atoms with E-state index in [1.165, 1.54) is 32.5 Å².